The van der Waals surface area contributed by atoms with Gasteiger partial charge in [0.2, 0.25) is 5.78 Å². The van der Waals surface area contributed by atoms with Gasteiger partial charge in [-0.2, -0.15) is 0 Å². The fraction of sp³-hybridized carbons (Fsp3) is 0.158. The van der Waals surface area contributed by atoms with Crippen LogP contribution in [0.25, 0.3) is 0 Å². The molecule has 1 heterocycles. The molecular formula is C19H17NO2. The maximum absolute atomic E-state index is 12.6. The van der Waals surface area contributed by atoms with Crippen molar-refractivity contribution in [2.75, 3.05) is 5.32 Å². The number of Topliss-reactive ketones (excluding diaryl/α,β-unsaturated/α-hetero) is 1. The molecule has 1 aliphatic rings. The lowest BCUT2D eigenvalue weighted by Gasteiger charge is -2.14. The fourth-order valence-corrected chi connectivity index (χ4v) is 2.69. The van der Waals surface area contributed by atoms with Crippen molar-refractivity contribution in [1.29, 1.82) is 0 Å². The monoisotopic (exact) mass is 291 g/mol. The number of fused-ring (bicyclic) bond motifs is 1. The maximum atomic E-state index is 12.6. The number of hydrogen-bond donors (Lipinski definition) is 1. The predicted octanol–water partition coefficient (Wildman–Crippen LogP) is 3.55. The summed E-state index contributed by atoms with van der Waals surface area (Å²) < 4.78 is 0. The van der Waals surface area contributed by atoms with Crippen LogP contribution in [0.4, 0.5) is 5.69 Å². The molecule has 22 heavy (non-hydrogen) atoms. The molecular weight excluding hydrogens is 274 g/mol. The molecule has 0 fully saturated rings. The van der Waals surface area contributed by atoms with Crippen molar-refractivity contribution in [3.05, 3.63) is 77.0 Å². The molecule has 3 nitrogen and oxygen atoms in total. The minimum atomic E-state index is -0.160. The molecule has 0 saturated heterocycles. The molecule has 0 aromatic heterocycles. The van der Waals surface area contributed by atoms with E-state index in [0.29, 0.717) is 17.7 Å². The Kier molecular flexibility index (Phi) is 3.88. The molecule has 2 aromatic carbocycles. The molecule has 0 radical (unpaired) electrons. The molecule has 0 amide bonds. The van der Waals surface area contributed by atoms with E-state index < -0.39 is 0 Å². The van der Waals surface area contributed by atoms with Gasteiger partial charge in [0.25, 0.3) is 0 Å². The molecule has 0 saturated carbocycles. The SMILES string of the molecule is CCc1cccc2c1NC(C(=O)c1ccccc1)=CC(=O)C2. The molecule has 0 spiro atoms. The highest BCUT2D eigenvalue weighted by atomic mass is 16.1. The topological polar surface area (TPSA) is 46.2 Å². The van der Waals surface area contributed by atoms with Crippen molar-refractivity contribution in [3.8, 4) is 0 Å². The van der Waals surface area contributed by atoms with E-state index in [2.05, 4.69) is 12.2 Å². The van der Waals surface area contributed by atoms with Crippen LogP contribution in [-0.4, -0.2) is 11.6 Å². The van der Waals surface area contributed by atoms with Gasteiger partial charge in [0.15, 0.2) is 5.78 Å². The van der Waals surface area contributed by atoms with Crippen LogP contribution in [0, 0.1) is 0 Å². The Hall–Kier alpha value is -2.68. The number of ketones is 2. The van der Waals surface area contributed by atoms with E-state index in [1.165, 1.54) is 6.08 Å². The first-order chi connectivity index (χ1) is 10.7. The van der Waals surface area contributed by atoms with E-state index >= 15 is 0 Å². The first kappa shape index (κ1) is 14.3. The zero-order chi connectivity index (χ0) is 15.5. The Morgan fingerprint density at radius 2 is 1.86 bits per heavy atom. The van der Waals surface area contributed by atoms with E-state index in [1.54, 1.807) is 12.1 Å². The third-order valence-electron chi connectivity index (χ3n) is 3.83. The van der Waals surface area contributed by atoms with Crippen molar-refractivity contribution in [2.45, 2.75) is 19.8 Å². The second-order valence-corrected chi connectivity index (χ2v) is 5.33. The van der Waals surface area contributed by atoms with Gasteiger partial charge in [0.1, 0.15) is 0 Å². The normalized spacial score (nSPS) is 13.7. The molecule has 0 unspecified atom stereocenters. The molecule has 3 heteroatoms. The number of rotatable bonds is 3. The average Bonchev–Trinajstić information content (AvgIpc) is 2.72. The lowest BCUT2D eigenvalue weighted by atomic mass is 10.0. The molecule has 1 N–H and O–H groups in total. The Morgan fingerprint density at radius 3 is 2.59 bits per heavy atom. The van der Waals surface area contributed by atoms with Gasteiger partial charge in [0, 0.05) is 23.7 Å². The quantitative estimate of drug-likeness (QED) is 0.880. The number of carbonyl (C=O) groups is 2. The molecule has 3 rings (SSSR count). The van der Waals surface area contributed by atoms with Crippen LogP contribution in [0.3, 0.4) is 0 Å². The average molecular weight is 291 g/mol. The van der Waals surface area contributed by atoms with Crippen LogP contribution in [0.2, 0.25) is 0 Å². The number of para-hydroxylation sites is 1. The minimum absolute atomic E-state index is 0.0567. The van der Waals surface area contributed by atoms with Crippen molar-refractivity contribution < 1.29 is 9.59 Å². The van der Waals surface area contributed by atoms with Gasteiger partial charge >= 0.3 is 0 Å². The molecule has 1 aliphatic heterocycles. The van der Waals surface area contributed by atoms with E-state index in [1.807, 2.05) is 36.4 Å². The summed E-state index contributed by atoms with van der Waals surface area (Å²) in [5, 5.41) is 3.20. The van der Waals surface area contributed by atoms with E-state index in [9.17, 15) is 9.59 Å². The summed E-state index contributed by atoms with van der Waals surface area (Å²) in [6, 6.07) is 14.9. The van der Waals surface area contributed by atoms with E-state index in [4.69, 9.17) is 0 Å². The van der Waals surface area contributed by atoms with Crippen LogP contribution < -0.4 is 5.32 Å². The van der Waals surface area contributed by atoms with Gasteiger partial charge in [-0.15, -0.1) is 0 Å². The predicted molar refractivity (Wildman–Crippen MR) is 87.0 cm³/mol. The van der Waals surface area contributed by atoms with Crippen LogP contribution in [-0.2, 0) is 17.6 Å². The number of aryl methyl sites for hydroxylation is 1. The first-order valence-electron chi connectivity index (χ1n) is 7.41. The van der Waals surface area contributed by atoms with Gasteiger partial charge in [0.05, 0.1) is 5.70 Å². The second kappa shape index (κ2) is 5.98. The molecule has 2 aromatic rings. The summed E-state index contributed by atoms with van der Waals surface area (Å²) in [5.41, 5.74) is 3.86. The number of benzene rings is 2. The number of carbonyl (C=O) groups excluding carboxylic acids is 2. The second-order valence-electron chi connectivity index (χ2n) is 5.33. The van der Waals surface area contributed by atoms with Gasteiger partial charge in [-0.1, -0.05) is 55.5 Å². The molecule has 0 bridgehead atoms. The number of allylic oxidation sites excluding steroid dienone is 2. The summed E-state index contributed by atoms with van der Waals surface area (Å²) in [6.07, 6.45) is 2.59. The highest BCUT2D eigenvalue weighted by molar-refractivity contribution is 6.14. The zero-order valence-corrected chi connectivity index (χ0v) is 12.4. The third-order valence-corrected chi connectivity index (χ3v) is 3.83. The van der Waals surface area contributed by atoms with Gasteiger partial charge in [-0.05, 0) is 17.5 Å². The van der Waals surface area contributed by atoms with E-state index in [0.717, 1.165) is 23.2 Å². The number of hydrogen-bond acceptors (Lipinski definition) is 3. The molecule has 0 aliphatic carbocycles. The molecule has 0 atom stereocenters. The minimum Gasteiger partial charge on any atom is -0.352 e. The van der Waals surface area contributed by atoms with Crippen LogP contribution in [0.5, 0.6) is 0 Å². The van der Waals surface area contributed by atoms with E-state index in [-0.39, 0.29) is 11.6 Å². The maximum Gasteiger partial charge on any atom is 0.209 e. The summed E-state index contributed by atoms with van der Waals surface area (Å²) in [7, 11) is 0. The first-order valence-corrected chi connectivity index (χ1v) is 7.41. The van der Waals surface area contributed by atoms with Gasteiger partial charge in [-0.3, -0.25) is 9.59 Å². The van der Waals surface area contributed by atoms with Crippen LogP contribution >= 0.6 is 0 Å². The molecule has 110 valence electrons. The van der Waals surface area contributed by atoms with Crippen molar-refractivity contribution in [1.82, 2.24) is 0 Å². The Labute approximate surface area is 129 Å². The zero-order valence-electron chi connectivity index (χ0n) is 12.4. The third kappa shape index (κ3) is 2.70. The summed E-state index contributed by atoms with van der Waals surface area (Å²) in [4.78, 5) is 24.7. The van der Waals surface area contributed by atoms with Crippen molar-refractivity contribution in [3.63, 3.8) is 0 Å². The van der Waals surface area contributed by atoms with Crippen LogP contribution in [0.15, 0.2) is 60.3 Å². The van der Waals surface area contributed by atoms with Crippen molar-refractivity contribution >= 4 is 17.3 Å². The largest absolute Gasteiger partial charge is 0.352 e. The summed E-state index contributed by atoms with van der Waals surface area (Å²) >= 11 is 0. The standard InChI is InChI=1S/C19H17NO2/c1-2-13-9-6-10-15-11-16(21)12-17(20-18(13)15)19(22)14-7-4-3-5-8-14/h3-10,12,20H,2,11H2,1H3. The van der Waals surface area contributed by atoms with Crippen LogP contribution in [0.1, 0.15) is 28.4 Å². The smallest absolute Gasteiger partial charge is 0.209 e. The Bertz CT molecular complexity index is 760. The Morgan fingerprint density at radius 1 is 1.09 bits per heavy atom. The summed E-state index contributed by atoms with van der Waals surface area (Å²) in [5.74, 6) is -0.216. The summed E-state index contributed by atoms with van der Waals surface area (Å²) in [6.45, 7) is 2.06. The van der Waals surface area contributed by atoms with Crippen molar-refractivity contribution in [2.24, 2.45) is 0 Å². The lowest BCUT2D eigenvalue weighted by Crippen LogP contribution is -2.13. The number of anilines is 1. The van der Waals surface area contributed by atoms with Gasteiger partial charge in [-0.25, -0.2) is 0 Å². The Balaban J connectivity index is 2.02. The number of nitrogens with one attached hydrogen (secondary N) is 1. The van der Waals surface area contributed by atoms with Gasteiger partial charge < -0.3 is 5.32 Å². The lowest BCUT2D eigenvalue weighted by molar-refractivity contribution is -0.114. The fourth-order valence-electron chi connectivity index (χ4n) is 2.69. The highest BCUT2D eigenvalue weighted by Gasteiger charge is 2.21. The highest BCUT2D eigenvalue weighted by Crippen LogP contribution is 2.27.